The van der Waals surface area contributed by atoms with Gasteiger partial charge in [-0.15, -0.1) is 0 Å². The Morgan fingerprint density at radius 2 is 2.21 bits per heavy atom. The number of pyridine rings is 1. The number of ketones is 1. The topological polar surface area (TPSA) is 30.0 Å². The van der Waals surface area contributed by atoms with Gasteiger partial charge in [-0.05, 0) is 17.5 Å². The summed E-state index contributed by atoms with van der Waals surface area (Å²) in [5, 5.41) is 3.53. The Bertz CT molecular complexity index is 453. The predicted molar refractivity (Wildman–Crippen MR) is 51.9 cm³/mol. The van der Waals surface area contributed by atoms with Gasteiger partial charge in [-0.1, -0.05) is 0 Å². The third kappa shape index (κ3) is 1.70. The van der Waals surface area contributed by atoms with Crippen LogP contribution in [-0.4, -0.2) is 10.8 Å². The van der Waals surface area contributed by atoms with Gasteiger partial charge in [0.05, 0.1) is 6.20 Å². The number of halogens is 1. The lowest BCUT2D eigenvalue weighted by Gasteiger charge is -1.96. The van der Waals surface area contributed by atoms with E-state index < -0.39 is 5.82 Å². The molecule has 0 saturated carbocycles. The van der Waals surface area contributed by atoms with Gasteiger partial charge in [0.2, 0.25) is 0 Å². The zero-order valence-electron chi connectivity index (χ0n) is 7.11. The molecule has 14 heavy (non-hydrogen) atoms. The molecule has 2 heterocycles. The van der Waals surface area contributed by atoms with Crippen molar-refractivity contribution in [3.8, 4) is 0 Å². The number of rotatable bonds is 2. The Morgan fingerprint density at radius 3 is 2.86 bits per heavy atom. The monoisotopic (exact) mass is 207 g/mol. The van der Waals surface area contributed by atoms with Crippen LogP contribution >= 0.6 is 11.3 Å². The minimum atomic E-state index is -0.494. The van der Waals surface area contributed by atoms with Gasteiger partial charge in [0, 0.05) is 22.7 Å². The summed E-state index contributed by atoms with van der Waals surface area (Å²) >= 11 is 1.43. The highest BCUT2D eigenvalue weighted by Gasteiger charge is 2.09. The lowest BCUT2D eigenvalue weighted by molar-refractivity contribution is 0.103. The largest absolute Gasteiger partial charge is 0.289 e. The number of carbonyl (C=O) groups is 1. The molecule has 0 amide bonds. The maximum absolute atomic E-state index is 12.8. The lowest BCUT2D eigenvalue weighted by Crippen LogP contribution is -2.00. The molecule has 70 valence electrons. The fourth-order valence-corrected chi connectivity index (χ4v) is 1.73. The van der Waals surface area contributed by atoms with E-state index in [-0.39, 0.29) is 11.3 Å². The van der Waals surface area contributed by atoms with Crippen LogP contribution in [0.15, 0.2) is 35.3 Å². The zero-order chi connectivity index (χ0) is 9.97. The van der Waals surface area contributed by atoms with E-state index in [0.29, 0.717) is 5.56 Å². The van der Waals surface area contributed by atoms with Crippen molar-refractivity contribution in [2.24, 2.45) is 0 Å². The maximum Gasteiger partial charge on any atom is 0.195 e. The molecule has 2 nitrogen and oxygen atoms in total. The van der Waals surface area contributed by atoms with Crippen molar-refractivity contribution < 1.29 is 9.18 Å². The van der Waals surface area contributed by atoms with Crippen LogP contribution < -0.4 is 0 Å². The van der Waals surface area contributed by atoms with E-state index in [1.54, 1.807) is 16.8 Å². The van der Waals surface area contributed by atoms with Crippen molar-refractivity contribution in [2.45, 2.75) is 0 Å². The van der Waals surface area contributed by atoms with Crippen LogP contribution in [0.4, 0.5) is 4.39 Å². The average Bonchev–Trinajstić information content (AvgIpc) is 2.69. The van der Waals surface area contributed by atoms with Crippen molar-refractivity contribution in [1.82, 2.24) is 4.98 Å². The molecule has 0 aliphatic heterocycles. The van der Waals surface area contributed by atoms with Gasteiger partial charge in [-0.3, -0.25) is 9.78 Å². The first-order valence-corrected chi connectivity index (χ1v) is 4.89. The van der Waals surface area contributed by atoms with E-state index in [9.17, 15) is 9.18 Å². The first-order chi connectivity index (χ1) is 6.77. The molecule has 0 aromatic carbocycles. The fraction of sp³-hybridized carbons (Fsp3) is 0. The highest BCUT2D eigenvalue weighted by molar-refractivity contribution is 7.08. The molecule has 0 aliphatic carbocycles. The summed E-state index contributed by atoms with van der Waals surface area (Å²) in [4.78, 5) is 15.3. The van der Waals surface area contributed by atoms with Crippen LogP contribution in [0.3, 0.4) is 0 Å². The summed E-state index contributed by atoms with van der Waals surface area (Å²) in [5.41, 5.74) is 0.853. The molecular weight excluding hydrogens is 201 g/mol. The summed E-state index contributed by atoms with van der Waals surface area (Å²) in [6.45, 7) is 0. The summed E-state index contributed by atoms with van der Waals surface area (Å²) in [6, 6.07) is 2.89. The van der Waals surface area contributed by atoms with E-state index >= 15 is 0 Å². The molecule has 0 atom stereocenters. The van der Waals surface area contributed by atoms with Crippen LogP contribution in [0.2, 0.25) is 0 Å². The highest BCUT2D eigenvalue weighted by Crippen LogP contribution is 2.12. The molecular formula is C10H6FNOS. The van der Waals surface area contributed by atoms with Crippen LogP contribution in [0.5, 0.6) is 0 Å². The molecule has 0 fully saturated rings. The summed E-state index contributed by atoms with van der Waals surface area (Å²) in [5.74, 6) is -0.690. The molecule has 0 N–H and O–H groups in total. The molecule has 4 heteroatoms. The van der Waals surface area contributed by atoms with Gasteiger partial charge in [0.25, 0.3) is 0 Å². The third-order valence-corrected chi connectivity index (χ3v) is 2.43. The Hall–Kier alpha value is -1.55. The maximum atomic E-state index is 12.8. The average molecular weight is 207 g/mol. The number of hydrogen-bond acceptors (Lipinski definition) is 3. The van der Waals surface area contributed by atoms with Gasteiger partial charge in [0.1, 0.15) is 5.82 Å². The Kier molecular flexibility index (Phi) is 2.37. The molecule has 2 rings (SSSR count). The number of thiophene rings is 1. The summed E-state index contributed by atoms with van der Waals surface area (Å²) in [6.07, 6.45) is 2.44. The van der Waals surface area contributed by atoms with Crippen LogP contribution in [0, 0.1) is 5.82 Å². The number of aromatic nitrogens is 1. The van der Waals surface area contributed by atoms with Gasteiger partial charge >= 0.3 is 0 Å². The zero-order valence-corrected chi connectivity index (χ0v) is 7.92. The predicted octanol–water partition coefficient (Wildman–Crippen LogP) is 2.51. The number of carbonyl (C=O) groups excluding carboxylic acids is 1. The quantitative estimate of drug-likeness (QED) is 0.708. The van der Waals surface area contributed by atoms with Crippen LogP contribution in [0.1, 0.15) is 15.9 Å². The molecule has 0 aliphatic rings. The second-order valence-corrected chi connectivity index (χ2v) is 3.51. The lowest BCUT2D eigenvalue weighted by atomic mass is 10.1. The van der Waals surface area contributed by atoms with E-state index in [1.165, 1.54) is 23.6 Å². The van der Waals surface area contributed by atoms with Crippen molar-refractivity contribution >= 4 is 17.1 Å². The number of nitrogens with zero attached hydrogens (tertiary/aromatic N) is 1. The minimum absolute atomic E-state index is 0.196. The third-order valence-electron chi connectivity index (χ3n) is 1.75. The number of hydrogen-bond donors (Lipinski definition) is 0. The molecule has 0 bridgehead atoms. The van der Waals surface area contributed by atoms with E-state index in [4.69, 9.17) is 0 Å². The second kappa shape index (κ2) is 3.67. The summed E-state index contributed by atoms with van der Waals surface area (Å²) < 4.78 is 12.8. The Balaban J connectivity index is 2.37. The highest BCUT2D eigenvalue weighted by atomic mass is 32.1. The van der Waals surface area contributed by atoms with Gasteiger partial charge in [-0.2, -0.15) is 11.3 Å². The van der Waals surface area contributed by atoms with Crippen molar-refractivity contribution in [3.05, 3.63) is 52.2 Å². The normalized spacial score (nSPS) is 10.1. The van der Waals surface area contributed by atoms with Crippen molar-refractivity contribution in [1.29, 1.82) is 0 Å². The second-order valence-electron chi connectivity index (χ2n) is 2.73. The molecule has 0 unspecified atom stereocenters. The molecule has 2 aromatic heterocycles. The SMILES string of the molecule is O=C(c1ccsc1)c1cncc(F)c1. The first kappa shape index (κ1) is 9.02. The van der Waals surface area contributed by atoms with Gasteiger partial charge in [-0.25, -0.2) is 4.39 Å². The van der Waals surface area contributed by atoms with Crippen molar-refractivity contribution in [3.63, 3.8) is 0 Å². The van der Waals surface area contributed by atoms with E-state index in [2.05, 4.69) is 4.98 Å². The van der Waals surface area contributed by atoms with Crippen LogP contribution in [0.25, 0.3) is 0 Å². The summed E-state index contributed by atoms with van der Waals surface area (Å²) in [7, 11) is 0. The minimum Gasteiger partial charge on any atom is -0.289 e. The van der Waals surface area contributed by atoms with Crippen LogP contribution in [-0.2, 0) is 0 Å². The van der Waals surface area contributed by atoms with Gasteiger partial charge < -0.3 is 0 Å². The van der Waals surface area contributed by atoms with E-state index in [0.717, 1.165) is 6.20 Å². The smallest absolute Gasteiger partial charge is 0.195 e. The molecule has 0 radical (unpaired) electrons. The molecule has 0 spiro atoms. The molecule has 2 aromatic rings. The first-order valence-electron chi connectivity index (χ1n) is 3.95. The van der Waals surface area contributed by atoms with E-state index in [1.807, 2.05) is 0 Å². The Labute approximate surface area is 84.0 Å². The van der Waals surface area contributed by atoms with Gasteiger partial charge in [0.15, 0.2) is 5.78 Å². The standard InChI is InChI=1S/C10H6FNOS/c11-9-3-8(4-12-5-9)10(13)7-1-2-14-6-7/h1-6H. The van der Waals surface area contributed by atoms with Crippen molar-refractivity contribution in [2.75, 3.05) is 0 Å². The Morgan fingerprint density at radius 1 is 1.36 bits per heavy atom. The molecule has 0 saturated heterocycles. The fourth-order valence-electron chi connectivity index (χ4n) is 1.10.